The highest BCUT2D eigenvalue weighted by atomic mass is 35.5. The summed E-state index contributed by atoms with van der Waals surface area (Å²) in [5.74, 6) is -0.985. The van der Waals surface area contributed by atoms with E-state index in [-0.39, 0.29) is 17.9 Å². The molecule has 0 radical (unpaired) electrons. The summed E-state index contributed by atoms with van der Waals surface area (Å²) in [7, 11) is 0. The Morgan fingerprint density at radius 2 is 2.00 bits per heavy atom. The van der Waals surface area contributed by atoms with Gasteiger partial charge in [0.25, 0.3) is 0 Å². The van der Waals surface area contributed by atoms with Crippen molar-refractivity contribution in [2.75, 3.05) is 0 Å². The Hall–Kier alpha value is -1.74. The molecule has 0 amide bonds. The summed E-state index contributed by atoms with van der Waals surface area (Å²) in [6.07, 6.45) is 1.44. The summed E-state index contributed by atoms with van der Waals surface area (Å²) in [4.78, 5) is 15.6. The fourth-order valence-electron chi connectivity index (χ4n) is 1.49. The van der Waals surface area contributed by atoms with Gasteiger partial charge in [0.05, 0.1) is 0 Å². The summed E-state index contributed by atoms with van der Waals surface area (Å²) in [5.41, 5.74) is 0.525. The number of benzene rings is 1. The van der Waals surface area contributed by atoms with Gasteiger partial charge in [0.2, 0.25) is 0 Å². The fourth-order valence-corrected chi connectivity index (χ4v) is 1.69. The van der Waals surface area contributed by atoms with Crippen LogP contribution in [0, 0.1) is 5.82 Å². The number of carbonyl (C=O) groups excluding carboxylic acids is 1. The molecule has 0 saturated carbocycles. The van der Waals surface area contributed by atoms with E-state index in [9.17, 15) is 9.18 Å². The predicted octanol–water partition coefficient (Wildman–Crippen LogP) is 3.30. The van der Waals surface area contributed by atoms with Gasteiger partial charge in [-0.3, -0.25) is 9.78 Å². The largest absolute Gasteiger partial charge is 0.292 e. The zero-order valence-corrected chi connectivity index (χ0v) is 9.62. The third-order valence-electron chi connectivity index (χ3n) is 2.33. The topological polar surface area (TPSA) is 30.0 Å². The van der Waals surface area contributed by atoms with Crippen molar-refractivity contribution in [3.8, 4) is 0 Å². The van der Waals surface area contributed by atoms with Crippen LogP contribution >= 0.6 is 11.6 Å². The maximum Gasteiger partial charge on any atom is 0.188 e. The molecule has 86 valence electrons. The van der Waals surface area contributed by atoms with Gasteiger partial charge in [-0.15, -0.1) is 0 Å². The number of nitrogens with zero attached hydrogens (tertiary/aromatic N) is 1. The number of halogens is 2. The molecule has 0 aliphatic carbocycles. The highest BCUT2D eigenvalue weighted by molar-refractivity contribution is 6.31. The zero-order chi connectivity index (χ0) is 12.3. The molecular formula is C13H9ClFNO. The van der Waals surface area contributed by atoms with Crippen molar-refractivity contribution in [1.29, 1.82) is 0 Å². The highest BCUT2D eigenvalue weighted by Crippen LogP contribution is 2.17. The quantitative estimate of drug-likeness (QED) is 0.782. The molecule has 0 bridgehead atoms. The number of rotatable bonds is 3. The van der Waals surface area contributed by atoms with Crippen molar-refractivity contribution >= 4 is 17.4 Å². The second-order valence-corrected chi connectivity index (χ2v) is 3.93. The number of carbonyl (C=O) groups is 1. The second kappa shape index (κ2) is 5.06. The summed E-state index contributed by atoms with van der Waals surface area (Å²) < 4.78 is 13.3. The smallest absolute Gasteiger partial charge is 0.188 e. The molecule has 1 aromatic carbocycles. The monoisotopic (exact) mass is 249 g/mol. The molecule has 0 atom stereocenters. The van der Waals surface area contributed by atoms with E-state index in [1.165, 1.54) is 18.3 Å². The summed E-state index contributed by atoms with van der Waals surface area (Å²) in [5, 5.41) is 0.497. The van der Waals surface area contributed by atoms with Crippen molar-refractivity contribution in [1.82, 2.24) is 4.98 Å². The predicted molar refractivity (Wildman–Crippen MR) is 63.7 cm³/mol. The Morgan fingerprint density at radius 1 is 1.24 bits per heavy atom. The van der Waals surface area contributed by atoms with Crippen LogP contribution in [-0.2, 0) is 6.42 Å². The Bertz CT molecular complexity index is 557. The van der Waals surface area contributed by atoms with E-state index in [2.05, 4.69) is 4.98 Å². The third-order valence-corrected chi connectivity index (χ3v) is 2.70. The third kappa shape index (κ3) is 2.68. The first-order valence-corrected chi connectivity index (χ1v) is 5.43. The lowest BCUT2D eigenvalue weighted by atomic mass is 10.1. The van der Waals surface area contributed by atoms with Crippen LogP contribution in [0.1, 0.15) is 16.1 Å². The molecule has 2 nitrogen and oxygen atoms in total. The van der Waals surface area contributed by atoms with E-state index in [0.717, 1.165) is 0 Å². The van der Waals surface area contributed by atoms with Crippen LogP contribution < -0.4 is 0 Å². The lowest BCUT2D eigenvalue weighted by molar-refractivity contribution is 0.0984. The van der Waals surface area contributed by atoms with Crippen LogP contribution in [0.3, 0.4) is 0 Å². The standard InChI is InChI=1S/C13H9ClFNO/c14-10-5-2-1-4-9(10)8-12(17)13-11(15)6-3-7-16-13/h1-7H,8H2. The van der Waals surface area contributed by atoms with Gasteiger partial charge in [-0.2, -0.15) is 0 Å². The molecule has 0 aliphatic heterocycles. The number of hydrogen-bond donors (Lipinski definition) is 0. The van der Waals surface area contributed by atoms with Gasteiger partial charge in [-0.25, -0.2) is 4.39 Å². The minimum Gasteiger partial charge on any atom is -0.292 e. The van der Waals surface area contributed by atoms with E-state index in [1.54, 1.807) is 24.3 Å². The van der Waals surface area contributed by atoms with Gasteiger partial charge in [-0.05, 0) is 23.8 Å². The molecule has 0 fully saturated rings. The first-order valence-electron chi connectivity index (χ1n) is 5.05. The number of Topliss-reactive ketones (excluding diaryl/α,β-unsaturated/α-hetero) is 1. The number of hydrogen-bond acceptors (Lipinski definition) is 2. The minimum absolute atomic E-state index is 0.0492. The van der Waals surface area contributed by atoms with E-state index in [4.69, 9.17) is 11.6 Å². The van der Waals surface area contributed by atoms with E-state index < -0.39 is 5.82 Å². The lowest BCUT2D eigenvalue weighted by Crippen LogP contribution is -2.08. The highest BCUT2D eigenvalue weighted by Gasteiger charge is 2.14. The van der Waals surface area contributed by atoms with Crippen LogP contribution in [0.15, 0.2) is 42.6 Å². The number of aromatic nitrogens is 1. The minimum atomic E-state index is -0.607. The SMILES string of the molecule is O=C(Cc1ccccc1Cl)c1ncccc1F. The Labute approximate surface area is 103 Å². The van der Waals surface area contributed by atoms with Gasteiger partial charge < -0.3 is 0 Å². The molecule has 2 rings (SSSR count). The van der Waals surface area contributed by atoms with Gasteiger partial charge in [0.15, 0.2) is 11.6 Å². The maximum atomic E-state index is 13.3. The first kappa shape index (κ1) is 11.7. The van der Waals surface area contributed by atoms with Crippen LogP contribution in [0.2, 0.25) is 5.02 Å². The molecule has 0 aliphatic rings. The zero-order valence-electron chi connectivity index (χ0n) is 8.86. The summed E-state index contributed by atoms with van der Waals surface area (Å²) in [6.45, 7) is 0. The average Bonchev–Trinajstić information content (AvgIpc) is 2.32. The van der Waals surface area contributed by atoms with Crippen LogP contribution in [-0.4, -0.2) is 10.8 Å². The molecule has 1 aromatic heterocycles. The Kier molecular flexibility index (Phi) is 3.49. The van der Waals surface area contributed by atoms with Crippen LogP contribution in [0.5, 0.6) is 0 Å². The van der Waals surface area contributed by atoms with E-state index in [1.807, 2.05) is 0 Å². The van der Waals surface area contributed by atoms with Crippen molar-refractivity contribution in [2.24, 2.45) is 0 Å². The van der Waals surface area contributed by atoms with Crippen molar-refractivity contribution in [3.63, 3.8) is 0 Å². The Balaban J connectivity index is 2.24. The van der Waals surface area contributed by atoms with Gasteiger partial charge in [0, 0.05) is 17.6 Å². The lowest BCUT2D eigenvalue weighted by Gasteiger charge is -2.03. The normalized spacial score (nSPS) is 10.2. The van der Waals surface area contributed by atoms with Crippen LogP contribution in [0.4, 0.5) is 4.39 Å². The molecule has 0 N–H and O–H groups in total. The first-order chi connectivity index (χ1) is 8.18. The molecule has 2 aromatic rings. The fraction of sp³-hybridized carbons (Fsp3) is 0.0769. The molecule has 17 heavy (non-hydrogen) atoms. The molecule has 4 heteroatoms. The number of ketones is 1. The molecule has 0 saturated heterocycles. The molecule has 0 unspecified atom stereocenters. The summed E-state index contributed by atoms with van der Waals surface area (Å²) in [6, 6.07) is 9.65. The van der Waals surface area contributed by atoms with E-state index in [0.29, 0.717) is 10.6 Å². The van der Waals surface area contributed by atoms with Gasteiger partial charge in [0.1, 0.15) is 5.69 Å². The molecule has 1 heterocycles. The van der Waals surface area contributed by atoms with E-state index >= 15 is 0 Å². The molecular weight excluding hydrogens is 241 g/mol. The van der Waals surface area contributed by atoms with Crippen molar-refractivity contribution < 1.29 is 9.18 Å². The number of pyridine rings is 1. The Morgan fingerprint density at radius 3 is 2.71 bits per heavy atom. The summed E-state index contributed by atoms with van der Waals surface area (Å²) >= 11 is 5.93. The van der Waals surface area contributed by atoms with Crippen molar-refractivity contribution in [2.45, 2.75) is 6.42 Å². The van der Waals surface area contributed by atoms with Crippen LogP contribution in [0.25, 0.3) is 0 Å². The van der Waals surface area contributed by atoms with Gasteiger partial charge in [-0.1, -0.05) is 29.8 Å². The molecule has 0 spiro atoms. The second-order valence-electron chi connectivity index (χ2n) is 3.53. The average molecular weight is 250 g/mol. The van der Waals surface area contributed by atoms with Crippen molar-refractivity contribution in [3.05, 3.63) is 64.7 Å². The van der Waals surface area contributed by atoms with Gasteiger partial charge >= 0.3 is 0 Å². The maximum absolute atomic E-state index is 13.3.